The summed E-state index contributed by atoms with van der Waals surface area (Å²) in [7, 11) is 1.84. The van der Waals surface area contributed by atoms with Crippen molar-refractivity contribution in [3.63, 3.8) is 0 Å². The maximum atomic E-state index is 12.4. The van der Waals surface area contributed by atoms with Gasteiger partial charge < -0.3 is 10.0 Å². The Balaban J connectivity index is 1.56. The Labute approximate surface area is 134 Å². The van der Waals surface area contributed by atoms with Gasteiger partial charge in [-0.05, 0) is 37.8 Å². The van der Waals surface area contributed by atoms with Crippen LogP contribution in [0.5, 0.6) is 0 Å². The van der Waals surface area contributed by atoms with Gasteiger partial charge in [-0.15, -0.1) is 11.3 Å². The summed E-state index contributed by atoms with van der Waals surface area (Å²) in [5.74, 6) is 0.146. The molecule has 1 aromatic rings. The number of carbonyl (C=O) groups is 1. The highest BCUT2D eigenvalue weighted by atomic mass is 35.5. The summed E-state index contributed by atoms with van der Waals surface area (Å²) in [6.07, 6.45) is 3.67. The number of rotatable bonds is 4. The maximum Gasteiger partial charge on any atom is 0.236 e. The number of carbonyl (C=O) groups excluding carboxylic acids is 1. The Hall–Kier alpha value is -0.620. The van der Waals surface area contributed by atoms with E-state index in [1.54, 1.807) is 4.90 Å². The highest BCUT2D eigenvalue weighted by molar-refractivity contribution is 7.16. The number of hydrogen-bond donors (Lipinski definition) is 1. The summed E-state index contributed by atoms with van der Waals surface area (Å²) in [4.78, 5) is 17.6. The van der Waals surface area contributed by atoms with Crippen LogP contribution in [-0.2, 0) is 11.3 Å². The highest BCUT2D eigenvalue weighted by Gasteiger charge is 2.41. The van der Waals surface area contributed by atoms with Gasteiger partial charge in [0.1, 0.15) is 0 Å². The van der Waals surface area contributed by atoms with Gasteiger partial charge in [-0.1, -0.05) is 11.6 Å². The largest absolute Gasteiger partial charge is 0.393 e. The molecule has 2 saturated heterocycles. The van der Waals surface area contributed by atoms with E-state index >= 15 is 0 Å². The van der Waals surface area contributed by atoms with E-state index < -0.39 is 0 Å². The number of thiophene rings is 1. The minimum absolute atomic E-state index is 0.146. The summed E-state index contributed by atoms with van der Waals surface area (Å²) >= 11 is 7.44. The molecule has 2 aliphatic rings. The molecule has 0 aromatic carbocycles. The Kier molecular flexibility index (Phi) is 4.54. The predicted octanol–water partition coefficient (Wildman–Crippen LogP) is 2.35. The number of likely N-dealkylation sites (N-methyl/N-ethyl adjacent to an activating group) is 1. The van der Waals surface area contributed by atoms with Gasteiger partial charge in [-0.3, -0.25) is 9.69 Å². The van der Waals surface area contributed by atoms with Crippen molar-refractivity contribution in [1.29, 1.82) is 0 Å². The predicted molar refractivity (Wildman–Crippen MR) is 84.6 cm³/mol. The standard InChI is InChI=1S/C15H21ClN2O2S/c1-17(8-13-4-5-14(16)21-13)15(20)9-18-10-2-3-11(18)7-12(19)6-10/h4-5,10-12,19H,2-3,6-9H2,1H3. The van der Waals surface area contributed by atoms with E-state index in [2.05, 4.69) is 4.90 Å². The van der Waals surface area contributed by atoms with Gasteiger partial charge in [0.15, 0.2) is 0 Å². The van der Waals surface area contributed by atoms with Crippen molar-refractivity contribution in [2.75, 3.05) is 13.6 Å². The van der Waals surface area contributed by atoms with Gasteiger partial charge in [0, 0.05) is 24.0 Å². The van der Waals surface area contributed by atoms with Crippen LogP contribution in [0.15, 0.2) is 12.1 Å². The van der Waals surface area contributed by atoms with Crippen molar-refractivity contribution >= 4 is 28.8 Å². The molecule has 21 heavy (non-hydrogen) atoms. The zero-order chi connectivity index (χ0) is 15.0. The van der Waals surface area contributed by atoms with Crippen molar-refractivity contribution in [1.82, 2.24) is 9.80 Å². The van der Waals surface area contributed by atoms with Gasteiger partial charge in [0.25, 0.3) is 0 Å². The minimum atomic E-state index is -0.181. The van der Waals surface area contributed by atoms with E-state index in [0.29, 0.717) is 25.2 Å². The molecule has 1 N–H and O–H groups in total. The first-order valence-corrected chi connectivity index (χ1v) is 8.64. The summed E-state index contributed by atoms with van der Waals surface area (Å²) < 4.78 is 0.758. The third-order valence-corrected chi connectivity index (χ3v) is 5.84. The van der Waals surface area contributed by atoms with Crippen LogP contribution in [0.4, 0.5) is 0 Å². The third-order valence-electron chi connectivity index (χ3n) is 4.62. The minimum Gasteiger partial charge on any atom is -0.393 e. The van der Waals surface area contributed by atoms with E-state index in [9.17, 15) is 9.90 Å². The zero-order valence-electron chi connectivity index (χ0n) is 12.2. The summed E-state index contributed by atoms with van der Waals surface area (Å²) in [6.45, 7) is 1.08. The number of fused-ring (bicyclic) bond motifs is 2. The Morgan fingerprint density at radius 1 is 1.43 bits per heavy atom. The SMILES string of the molecule is CN(Cc1ccc(Cl)s1)C(=O)CN1C2CCC1CC(O)C2. The molecule has 4 nitrogen and oxygen atoms in total. The number of aliphatic hydroxyl groups is 1. The second-order valence-electron chi connectivity index (χ2n) is 6.14. The lowest BCUT2D eigenvalue weighted by Gasteiger charge is -2.37. The lowest BCUT2D eigenvalue weighted by Crippen LogP contribution is -2.49. The second kappa shape index (κ2) is 6.24. The van der Waals surface area contributed by atoms with Gasteiger partial charge >= 0.3 is 0 Å². The van der Waals surface area contributed by atoms with Crippen molar-refractivity contribution in [2.45, 2.75) is 50.4 Å². The van der Waals surface area contributed by atoms with Crippen molar-refractivity contribution in [3.8, 4) is 0 Å². The molecule has 2 bridgehead atoms. The van der Waals surface area contributed by atoms with Crippen LogP contribution in [-0.4, -0.2) is 52.6 Å². The molecule has 1 amide bonds. The van der Waals surface area contributed by atoms with E-state index in [1.165, 1.54) is 11.3 Å². The van der Waals surface area contributed by atoms with E-state index in [0.717, 1.165) is 34.9 Å². The molecule has 2 unspecified atom stereocenters. The number of aliphatic hydroxyl groups excluding tert-OH is 1. The van der Waals surface area contributed by atoms with Crippen molar-refractivity contribution in [2.24, 2.45) is 0 Å². The number of piperidine rings is 1. The first-order valence-electron chi connectivity index (χ1n) is 7.45. The molecule has 1 aromatic heterocycles. The number of nitrogens with zero attached hydrogens (tertiary/aromatic N) is 2. The van der Waals surface area contributed by atoms with Crippen LogP contribution in [0, 0.1) is 0 Å². The number of halogens is 1. The molecular weight excluding hydrogens is 308 g/mol. The first-order chi connectivity index (χ1) is 10.0. The summed E-state index contributed by atoms with van der Waals surface area (Å²) in [6, 6.07) is 4.60. The smallest absolute Gasteiger partial charge is 0.236 e. The average molecular weight is 329 g/mol. The molecule has 0 radical (unpaired) electrons. The van der Waals surface area contributed by atoms with Crippen LogP contribution in [0.25, 0.3) is 0 Å². The fourth-order valence-corrected chi connectivity index (χ4v) is 4.68. The van der Waals surface area contributed by atoms with Crippen LogP contribution in [0.3, 0.4) is 0 Å². The van der Waals surface area contributed by atoms with Gasteiger partial charge in [-0.2, -0.15) is 0 Å². The topological polar surface area (TPSA) is 43.8 Å². The lowest BCUT2D eigenvalue weighted by atomic mass is 10.00. The van der Waals surface area contributed by atoms with Gasteiger partial charge in [0.2, 0.25) is 5.91 Å². The van der Waals surface area contributed by atoms with Crippen LogP contribution in [0.2, 0.25) is 4.34 Å². The molecular formula is C15H21ClN2O2S. The normalized spacial score (nSPS) is 28.8. The van der Waals surface area contributed by atoms with Crippen molar-refractivity contribution < 1.29 is 9.90 Å². The quantitative estimate of drug-likeness (QED) is 0.922. The first kappa shape index (κ1) is 15.3. The van der Waals surface area contributed by atoms with E-state index in [-0.39, 0.29) is 12.0 Å². The van der Waals surface area contributed by atoms with E-state index in [1.807, 2.05) is 19.2 Å². The molecule has 2 fully saturated rings. The molecule has 3 rings (SSSR count). The lowest BCUT2D eigenvalue weighted by molar-refractivity contribution is -0.133. The van der Waals surface area contributed by atoms with E-state index in [4.69, 9.17) is 11.6 Å². The summed E-state index contributed by atoms with van der Waals surface area (Å²) in [5, 5.41) is 9.82. The van der Waals surface area contributed by atoms with Crippen molar-refractivity contribution in [3.05, 3.63) is 21.3 Å². The van der Waals surface area contributed by atoms with Crippen LogP contribution < -0.4 is 0 Å². The molecule has 0 spiro atoms. The fraction of sp³-hybridized carbons (Fsp3) is 0.667. The third kappa shape index (κ3) is 3.42. The monoisotopic (exact) mass is 328 g/mol. The Morgan fingerprint density at radius 3 is 2.67 bits per heavy atom. The van der Waals surface area contributed by atoms with Gasteiger partial charge in [0.05, 0.1) is 23.5 Å². The maximum absolute atomic E-state index is 12.4. The second-order valence-corrected chi connectivity index (χ2v) is 7.94. The fourth-order valence-electron chi connectivity index (χ4n) is 3.54. The molecule has 3 heterocycles. The molecule has 2 aliphatic heterocycles. The van der Waals surface area contributed by atoms with Gasteiger partial charge in [-0.25, -0.2) is 0 Å². The Bertz CT molecular complexity index is 508. The molecule has 0 saturated carbocycles. The number of amides is 1. The van der Waals surface area contributed by atoms with Crippen LogP contribution in [0.1, 0.15) is 30.6 Å². The molecule has 116 valence electrons. The molecule has 6 heteroatoms. The molecule has 0 aliphatic carbocycles. The highest BCUT2D eigenvalue weighted by Crippen LogP contribution is 2.35. The van der Waals surface area contributed by atoms with Crippen LogP contribution >= 0.6 is 22.9 Å². The number of hydrogen-bond acceptors (Lipinski definition) is 4. The zero-order valence-corrected chi connectivity index (χ0v) is 13.7. The Morgan fingerprint density at radius 2 is 2.10 bits per heavy atom. The average Bonchev–Trinajstić information content (AvgIpc) is 2.92. The summed E-state index contributed by atoms with van der Waals surface area (Å²) in [5.41, 5.74) is 0. The molecule has 2 atom stereocenters.